The third kappa shape index (κ3) is 2.24. The normalized spacial score (nSPS) is 12.8. The number of aryl methyl sites for hydroxylation is 1. The van der Waals surface area contributed by atoms with Crippen LogP contribution < -0.4 is 0 Å². The topological polar surface area (TPSA) is 17.8 Å². The van der Waals surface area contributed by atoms with Gasteiger partial charge in [-0.1, -0.05) is 29.8 Å². The fraction of sp³-hybridized carbons (Fsp3) is 0.188. The molecule has 0 saturated heterocycles. The van der Waals surface area contributed by atoms with Crippen LogP contribution in [0.3, 0.4) is 0 Å². The van der Waals surface area contributed by atoms with Gasteiger partial charge in [-0.25, -0.2) is 4.98 Å². The zero-order valence-electron chi connectivity index (χ0n) is 11.0. The summed E-state index contributed by atoms with van der Waals surface area (Å²) in [5.41, 5.74) is 4.66. The van der Waals surface area contributed by atoms with Crippen molar-refractivity contribution in [1.29, 1.82) is 0 Å². The number of hydrogen-bond acceptors (Lipinski definition) is 1. The number of rotatable bonds is 2. The lowest BCUT2D eigenvalue weighted by atomic mass is 10.1. The maximum atomic E-state index is 5.93. The smallest absolute Gasteiger partial charge is 0.0964 e. The Balaban J connectivity index is 2.06. The zero-order valence-corrected chi connectivity index (χ0v) is 11.7. The molecular formula is C16H15ClN2. The third-order valence-electron chi connectivity index (χ3n) is 3.50. The van der Waals surface area contributed by atoms with Gasteiger partial charge >= 0.3 is 0 Å². The van der Waals surface area contributed by atoms with E-state index in [9.17, 15) is 0 Å². The molecule has 0 aliphatic heterocycles. The highest BCUT2D eigenvalue weighted by Crippen LogP contribution is 2.24. The molecule has 0 radical (unpaired) electrons. The van der Waals surface area contributed by atoms with Crippen molar-refractivity contribution >= 4 is 22.6 Å². The molecule has 0 amide bonds. The van der Waals surface area contributed by atoms with Gasteiger partial charge in [0.15, 0.2) is 0 Å². The molecule has 1 aromatic heterocycles. The second-order valence-corrected chi connectivity index (χ2v) is 5.31. The summed E-state index contributed by atoms with van der Waals surface area (Å²) in [5, 5.41) is 0.766. The van der Waals surface area contributed by atoms with Gasteiger partial charge in [-0.3, -0.25) is 0 Å². The summed E-state index contributed by atoms with van der Waals surface area (Å²) in [6.45, 7) is 4.26. The Hall–Kier alpha value is -1.80. The number of hydrogen-bond donors (Lipinski definition) is 0. The summed E-state index contributed by atoms with van der Waals surface area (Å²) in [5.74, 6) is 0. The highest BCUT2D eigenvalue weighted by Gasteiger charge is 2.11. The molecule has 3 aromatic rings. The van der Waals surface area contributed by atoms with E-state index >= 15 is 0 Å². The van der Waals surface area contributed by atoms with Gasteiger partial charge in [0.2, 0.25) is 0 Å². The highest BCUT2D eigenvalue weighted by atomic mass is 35.5. The molecule has 0 bridgehead atoms. The molecule has 2 aromatic carbocycles. The second kappa shape index (κ2) is 4.71. The number of benzene rings is 2. The van der Waals surface area contributed by atoms with E-state index in [1.807, 2.05) is 18.5 Å². The minimum atomic E-state index is 0.241. The Morgan fingerprint density at radius 2 is 1.84 bits per heavy atom. The van der Waals surface area contributed by atoms with E-state index in [4.69, 9.17) is 11.6 Å². The Morgan fingerprint density at radius 1 is 1.11 bits per heavy atom. The number of fused-ring (bicyclic) bond motifs is 1. The van der Waals surface area contributed by atoms with Gasteiger partial charge in [0, 0.05) is 5.02 Å². The monoisotopic (exact) mass is 270 g/mol. The Bertz CT molecular complexity index is 713. The molecule has 1 heterocycles. The van der Waals surface area contributed by atoms with Gasteiger partial charge in [0.25, 0.3) is 0 Å². The van der Waals surface area contributed by atoms with Crippen LogP contribution in [0.15, 0.2) is 48.8 Å². The molecule has 3 heteroatoms. The zero-order chi connectivity index (χ0) is 13.4. The molecule has 3 rings (SSSR count). The van der Waals surface area contributed by atoms with E-state index in [1.54, 1.807) is 0 Å². The first-order valence-corrected chi connectivity index (χ1v) is 6.71. The van der Waals surface area contributed by atoms with Crippen LogP contribution in [0.2, 0.25) is 5.02 Å². The first-order chi connectivity index (χ1) is 9.15. The average Bonchev–Trinajstić information content (AvgIpc) is 2.81. The van der Waals surface area contributed by atoms with E-state index < -0.39 is 0 Å². The number of nitrogens with zero attached hydrogens (tertiary/aromatic N) is 2. The Kier molecular flexibility index (Phi) is 3.03. The number of aromatic nitrogens is 2. The van der Waals surface area contributed by atoms with E-state index in [2.05, 4.69) is 53.7 Å². The van der Waals surface area contributed by atoms with Crippen LogP contribution in [0.1, 0.15) is 24.1 Å². The van der Waals surface area contributed by atoms with E-state index in [0.29, 0.717) is 0 Å². The minimum Gasteiger partial charge on any atom is -0.323 e. The predicted octanol–water partition coefficient (Wildman–Crippen LogP) is 4.61. The Labute approximate surface area is 117 Å². The minimum absolute atomic E-state index is 0.241. The molecule has 0 saturated carbocycles. The van der Waals surface area contributed by atoms with Crippen LogP contribution in [0.5, 0.6) is 0 Å². The second-order valence-electron chi connectivity index (χ2n) is 4.87. The van der Waals surface area contributed by atoms with Gasteiger partial charge in [-0.15, -0.1) is 0 Å². The maximum Gasteiger partial charge on any atom is 0.0964 e. The molecule has 0 N–H and O–H groups in total. The van der Waals surface area contributed by atoms with Crippen LogP contribution in [0, 0.1) is 6.92 Å². The lowest BCUT2D eigenvalue weighted by Gasteiger charge is -2.15. The van der Waals surface area contributed by atoms with Crippen molar-refractivity contribution in [1.82, 2.24) is 9.55 Å². The molecule has 0 aliphatic carbocycles. The molecular weight excluding hydrogens is 256 g/mol. The summed E-state index contributed by atoms with van der Waals surface area (Å²) in [4.78, 5) is 4.48. The molecule has 0 fully saturated rings. The third-order valence-corrected chi connectivity index (χ3v) is 3.75. The average molecular weight is 271 g/mol. The Morgan fingerprint density at radius 3 is 2.58 bits per heavy atom. The van der Waals surface area contributed by atoms with Crippen molar-refractivity contribution < 1.29 is 0 Å². The van der Waals surface area contributed by atoms with Crippen molar-refractivity contribution in [2.75, 3.05) is 0 Å². The summed E-state index contributed by atoms with van der Waals surface area (Å²) < 4.78 is 2.19. The molecule has 1 unspecified atom stereocenters. The highest BCUT2D eigenvalue weighted by molar-refractivity contribution is 6.30. The predicted molar refractivity (Wildman–Crippen MR) is 79.7 cm³/mol. The fourth-order valence-corrected chi connectivity index (χ4v) is 2.48. The summed E-state index contributed by atoms with van der Waals surface area (Å²) in [6, 6.07) is 14.6. The number of imidazole rings is 1. The lowest BCUT2D eigenvalue weighted by molar-refractivity contribution is 0.658. The van der Waals surface area contributed by atoms with E-state index in [-0.39, 0.29) is 6.04 Å². The SMILES string of the molecule is Cc1ccc2c(c1)ncn2C(C)c1ccc(Cl)cc1. The quantitative estimate of drug-likeness (QED) is 0.665. The van der Waals surface area contributed by atoms with E-state index in [0.717, 1.165) is 16.1 Å². The molecule has 0 aliphatic rings. The van der Waals surface area contributed by atoms with Crippen molar-refractivity contribution in [3.05, 3.63) is 64.9 Å². The van der Waals surface area contributed by atoms with Crippen molar-refractivity contribution in [2.24, 2.45) is 0 Å². The summed E-state index contributed by atoms with van der Waals surface area (Å²) in [7, 11) is 0. The molecule has 96 valence electrons. The number of halogens is 1. The van der Waals surface area contributed by atoms with Gasteiger partial charge in [-0.2, -0.15) is 0 Å². The first kappa shape index (κ1) is 12.2. The van der Waals surface area contributed by atoms with Gasteiger partial charge in [-0.05, 0) is 49.2 Å². The van der Waals surface area contributed by atoms with Crippen LogP contribution in [-0.2, 0) is 0 Å². The summed E-state index contributed by atoms with van der Waals surface area (Å²) in [6.07, 6.45) is 1.91. The van der Waals surface area contributed by atoms with Crippen molar-refractivity contribution in [3.63, 3.8) is 0 Å². The van der Waals surface area contributed by atoms with Gasteiger partial charge in [0.05, 0.1) is 23.4 Å². The van der Waals surface area contributed by atoms with Crippen molar-refractivity contribution in [3.8, 4) is 0 Å². The summed E-state index contributed by atoms with van der Waals surface area (Å²) >= 11 is 5.93. The maximum absolute atomic E-state index is 5.93. The van der Waals surface area contributed by atoms with Crippen LogP contribution in [0.25, 0.3) is 11.0 Å². The van der Waals surface area contributed by atoms with Crippen LogP contribution in [0.4, 0.5) is 0 Å². The molecule has 2 nitrogen and oxygen atoms in total. The van der Waals surface area contributed by atoms with Crippen LogP contribution in [-0.4, -0.2) is 9.55 Å². The fourth-order valence-electron chi connectivity index (χ4n) is 2.35. The van der Waals surface area contributed by atoms with E-state index in [1.165, 1.54) is 11.1 Å². The first-order valence-electron chi connectivity index (χ1n) is 6.34. The van der Waals surface area contributed by atoms with Gasteiger partial charge < -0.3 is 4.57 Å². The van der Waals surface area contributed by atoms with Gasteiger partial charge in [0.1, 0.15) is 0 Å². The largest absolute Gasteiger partial charge is 0.323 e. The standard InChI is InChI=1S/C16H15ClN2/c1-11-3-8-16-15(9-11)18-10-19(16)12(2)13-4-6-14(17)7-5-13/h3-10,12H,1-2H3. The lowest BCUT2D eigenvalue weighted by Crippen LogP contribution is -2.05. The van der Waals surface area contributed by atoms with Crippen molar-refractivity contribution in [2.45, 2.75) is 19.9 Å². The van der Waals surface area contributed by atoms with Crippen LogP contribution >= 0.6 is 11.6 Å². The molecule has 19 heavy (non-hydrogen) atoms. The molecule has 1 atom stereocenters. The molecule has 0 spiro atoms.